The predicted octanol–water partition coefficient (Wildman–Crippen LogP) is 1.31. The smallest absolute Gasteiger partial charge is 0.104 e. The predicted molar refractivity (Wildman–Crippen MR) is 45.1 cm³/mol. The fraction of sp³-hybridized carbons (Fsp3) is 0.667. The van der Waals surface area contributed by atoms with Gasteiger partial charge in [0.05, 0.1) is 6.34 Å². The highest BCUT2D eigenvalue weighted by molar-refractivity contribution is 7.80. The highest BCUT2D eigenvalue weighted by atomic mass is 32.1. The van der Waals surface area contributed by atoms with Crippen LogP contribution in [0.2, 0.25) is 0 Å². The van der Waals surface area contributed by atoms with Gasteiger partial charge in [-0.3, -0.25) is 0 Å². The third-order valence-electron chi connectivity index (χ3n) is 0.735. The summed E-state index contributed by atoms with van der Waals surface area (Å²) in [6, 6.07) is 0. The zero-order valence-electron chi connectivity index (χ0n) is 6.09. The molecule has 3 heteroatoms. The molecule has 0 aromatic carbocycles. The first-order chi connectivity index (χ1) is 4.16. The van der Waals surface area contributed by atoms with Crippen LogP contribution in [0.25, 0.3) is 0 Å². The number of nitrogens with zero attached hydrogens (tertiary/aromatic N) is 2. The molecule has 0 radical (unpaired) electrons. The first kappa shape index (κ1) is 8.56. The van der Waals surface area contributed by atoms with Crippen molar-refractivity contribution in [3.05, 3.63) is 0 Å². The van der Waals surface area contributed by atoms with Crippen molar-refractivity contribution in [1.29, 1.82) is 0 Å². The van der Waals surface area contributed by atoms with Crippen molar-refractivity contribution < 1.29 is 0 Å². The van der Waals surface area contributed by atoms with E-state index in [1.165, 1.54) is 0 Å². The van der Waals surface area contributed by atoms with Crippen molar-refractivity contribution in [3.8, 4) is 0 Å². The monoisotopic (exact) mass is 144 g/mol. The molecule has 0 saturated heterocycles. The Morgan fingerprint density at radius 1 is 1.67 bits per heavy atom. The minimum absolute atomic E-state index is 0.753. The molecule has 0 N–H and O–H groups in total. The minimum Gasteiger partial charge on any atom is -0.369 e. The van der Waals surface area contributed by atoms with E-state index in [0.29, 0.717) is 0 Å². The largest absolute Gasteiger partial charge is 0.369 e. The lowest BCUT2D eigenvalue weighted by Crippen LogP contribution is -2.08. The van der Waals surface area contributed by atoms with Gasteiger partial charge in [0.15, 0.2) is 0 Å². The standard InChI is InChI=1S/C6H12N2S/c1-4-6(9)7-5-8(2)3/h5H,4H2,1-3H3. The van der Waals surface area contributed by atoms with Crippen LogP contribution in [0.15, 0.2) is 4.99 Å². The summed E-state index contributed by atoms with van der Waals surface area (Å²) >= 11 is 4.85. The van der Waals surface area contributed by atoms with Gasteiger partial charge in [0, 0.05) is 14.1 Å². The van der Waals surface area contributed by atoms with E-state index in [4.69, 9.17) is 12.2 Å². The molecule has 0 fully saturated rings. The van der Waals surface area contributed by atoms with Gasteiger partial charge < -0.3 is 4.90 Å². The molecule has 0 heterocycles. The van der Waals surface area contributed by atoms with E-state index < -0.39 is 0 Å². The number of aliphatic imine (C=N–C) groups is 1. The van der Waals surface area contributed by atoms with Crippen LogP contribution < -0.4 is 0 Å². The first-order valence-corrected chi connectivity index (χ1v) is 3.31. The van der Waals surface area contributed by atoms with Crippen molar-refractivity contribution in [3.63, 3.8) is 0 Å². The van der Waals surface area contributed by atoms with Crippen LogP contribution in [0, 0.1) is 0 Å². The number of thiocarbonyl (C=S) groups is 1. The quantitative estimate of drug-likeness (QED) is 0.330. The summed E-state index contributed by atoms with van der Waals surface area (Å²) in [6.45, 7) is 2.00. The molecule has 0 rings (SSSR count). The van der Waals surface area contributed by atoms with Crippen LogP contribution >= 0.6 is 12.2 Å². The van der Waals surface area contributed by atoms with E-state index >= 15 is 0 Å². The maximum absolute atomic E-state index is 4.85. The Balaban J connectivity index is 3.57. The molecule has 52 valence electrons. The van der Waals surface area contributed by atoms with Gasteiger partial charge in [-0.25, -0.2) is 4.99 Å². The molecule has 0 aliphatic carbocycles. The van der Waals surface area contributed by atoms with E-state index in [1.807, 2.05) is 25.9 Å². The normalized spacial score (nSPS) is 10.1. The molecule has 2 nitrogen and oxygen atoms in total. The molecular weight excluding hydrogens is 132 g/mol. The van der Waals surface area contributed by atoms with Gasteiger partial charge in [0.25, 0.3) is 0 Å². The number of rotatable bonds is 2. The van der Waals surface area contributed by atoms with Gasteiger partial charge >= 0.3 is 0 Å². The zero-order chi connectivity index (χ0) is 7.28. The summed E-state index contributed by atoms with van der Waals surface area (Å²) in [6.07, 6.45) is 2.56. The summed E-state index contributed by atoms with van der Waals surface area (Å²) in [7, 11) is 3.84. The van der Waals surface area contributed by atoms with Crippen molar-refractivity contribution in [1.82, 2.24) is 4.90 Å². The van der Waals surface area contributed by atoms with Crippen molar-refractivity contribution in [2.24, 2.45) is 4.99 Å². The molecule has 0 atom stereocenters. The minimum atomic E-state index is 0.753. The maximum atomic E-state index is 4.85. The van der Waals surface area contributed by atoms with Gasteiger partial charge in [0.2, 0.25) is 0 Å². The zero-order valence-corrected chi connectivity index (χ0v) is 6.90. The van der Waals surface area contributed by atoms with Crippen molar-refractivity contribution >= 4 is 23.5 Å². The Labute approximate surface area is 61.6 Å². The van der Waals surface area contributed by atoms with E-state index in [2.05, 4.69) is 4.99 Å². The molecule has 0 bridgehead atoms. The summed E-state index contributed by atoms with van der Waals surface area (Å²) in [5, 5.41) is 0. The van der Waals surface area contributed by atoms with Crippen LogP contribution in [0.3, 0.4) is 0 Å². The van der Waals surface area contributed by atoms with E-state index in [1.54, 1.807) is 6.34 Å². The van der Waals surface area contributed by atoms with Crippen LogP contribution in [-0.2, 0) is 0 Å². The fourth-order valence-corrected chi connectivity index (χ4v) is 0.318. The average Bonchev–Trinajstić information content (AvgIpc) is 1.83. The van der Waals surface area contributed by atoms with Crippen LogP contribution in [0.1, 0.15) is 13.3 Å². The lowest BCUT2D eigenvalue weighted by Gasteiger charge is -2.00. The Kier molecular flexibility index (Phi) is 4.22. The maximum Gasteiger partial charge on any atom is 0.104 e. The molecule has 0 aromatic rings. The molecule has 9 heavy (non-hydrogen) atoms. The Hall–Kier alpha value is -0.440. The second-order valence-electron chi connectivity index (χ2n) is 1.96. The molecule has 0 aromatic heterocycles. The molecule has 0 aliphatic heterocycles. The van der Waals surface area contributed by atoms with Crippen LogP contribution in [0.5, 0.6) is 0 Å². The lowest BCUT2D eigenvalue weighted by molar-refractivity contribution is 0.644. The molecule has 0 spiro atoms. The van der Waals surface area contributed by atoms with Gasteiger partial charge in [-0.2, -0.15) is 0 Å². The Morgan fingerprint density at radius 3 is 2.56 bits per heavy atom. The van der Waals surface area contributed by atoms with Gasteiger partial charge in [-0.1, -0.05) is 19.1 Å². The average molecular weight is 144 g/mol. The second kappa shape index (κ2) is 4.44. The van der Waals surface area contributed by atoms with E-state index in [-0.39, 0.29) is 0 Å². The summed E-state index contributed by atoms with van der Waals surface area (Å²) in [5.74, 6) is 0. The SMILES string of the molecule is CCC(=S)N=CN(C)C. The third-order valence-corrected chi connectivity index (χ3v) is 1.13. The molecule has 0 unspecified atom stereocenters. The number of hydrogen-bond acceptors (Lipinski definition) is 1. The molecule has 0 amide bonds. The van der Waals surface area contributed by atoms with Gasteiger partial charge in [-0.05, 0) is 6.42 Å². The van der Waals surface area contributed by atoms with Crippen molar-refractivity contribution in [2.45, 2.75) is 13.3 Å². The molecule has 0 saturated carbocycles. The van der Waals surface area contributed by atoms with Crippen molar-refractivity contribution in [2.75, 3.05) is 14.1 Å². The third kappa shape index (κ3) is 5.43. The molecule has 0 aliphatic rings. The Bertz CT molecular complexity index is 118. The van der Waals surface area contributed by atoms with Gasteiger partial charge in [-0.15, -0.1) is 0 Å². The summed E-state index contributed by atoms with van der Waals surface area (Å²) in [4.78, 5) is 6.59. The number of hydrogen-bond donors (Lipinski definition) is 0. The highest BCUT2D eigenvalue weighted by Gasteiger charge is 1.83. The summed E-state index contributed by atoms with van der Waals surface area (Å²) < 4.78 is 0. The van der Waals surface area contributed by atoms with Crippen LogP contribution in [0.4, 0.5) is 0 Å². The lowest BCUT2D eigenvalue weighted by atomic mass is 10.5. The molecular formula is C6H12N2S. The second-order valence-corrected chi connectivity index (χ2v) is 2.43. The Morgan fingerprint density at radius 2 is 2.22 bits per heavy atom. The van der Waals surface area contributed by atoms with Gasteiger partial charge in [0.1, 0.15) is 4.99 Å². The van der Waals surface area contributed by atoms with Crippen LogP contribution in [-0.4, -0.2) is 30.3 Å². The first-order valence-electron chi connectivity index (χ1n) is 2.90. The summed E-state index contributed by atoms with van der Waals surface area (Å²) in [5.41, 5.74) is 0. The highest BCUT2D eigenvalue weighted by Crippen LogP contribution is 1.84. The van der Waals surface area contributed by atoms with E-state index in [0.717, 1.165) is 11.4 Å². The van der Waals surface area contributed by atoms with E-state index in [9.17, 15) is 0 Å². The topological polar surface area (TPSA) is 15.6 Å². The fourth-order valence-electron chi connectivity index (χ4n) is 0.271.